The van der Waals surface area contributed by atoms with E-state index in [-0.39, 0.29) is 0 Å². The van der Waals surface area contributed by atoms with Crippen molar-refractivity contribution in [3.05, 3.63) is 59.3 Å². The van der Waals surface area contributed by atoms with Crippen molar-refractivity contribution in [3.8, 4) is 0 Å². The zero-order chi connectivity index (χ0) is 15.5. The summed E-state index contributed by atoms with van der Waals surface area (Å²) in [5, 5.41) is 2.19. The zero-order valence-electron chi connectivity index (χ0n) is 13.1. The van der Waals surface area contributed by atoms with Gasteiger partial charge >= 0.3 is 0 Å². The van der Waals surface area contributed by atoms with Crippen molar-refractivity contribution in [1.82, 2.24) is 4.98 Å². The molecule has 0 atom stereocenters. The molecule has 1 aliphatic heterocycles. The van der Waals surface area contributed by atoms with Crippen molar-refractivity contribution in [2.24, 2.45) is 0 Å². The topological polar surface area (TPSA) is 16.1 Å². The third kappa shape index (κ3) is 3.33. The van der Waals surface area contributed by atoms with Crippen LogP contribution in [0, 0.1) is 0 Å². The van der Waals surface area contributed by atoms with Crippen molar-refractivity contribution in [3.63, 3.8) is 0 Å². The minimum Gasteiger partial charge on any atom is -0.320 e. The molecule has 0 saturated heterocycles. The molecule has 0 radical (unpaired) electrons. The van der Waals surface area contributed by atoms with Crippen LogP contribution in [0.5, 0.6) is 0 Å². The van der Waals surface area contributed by atoms with Gasteiger partial charge in [-0.05, 0) is 42.0 Å². The maximum Gasteiger partial charge on any atom is 0.134 e. The van der Waals surface area contributed by atoms with Crippen LogP contribution in [0.2, 0.25) is 0 Å². The van der Waals surface area contributed by atoms with E-state index in [1.54, 1.807) is 0 Å². The fraction of sp³-hybridized carbons (Fsp3) is 0.278. The molecule has 1 aromatic heterocycles. The third-order valence-corrected chi connectivity index (χ3v) is 5.64. The highest BCUT2D eigenvalue weighted by Gasteiger charge is 2.15. The summed E-state index contributed by atoms with van der Waals surface area (Å²) in [4.78, 5) is 9.35. The Hall–Kier alpha value is -1.39. The fourth-order valence-electron chi connectivity index (χ4n) is 2.43. The van der Waals surface area contributed by atoms with Gasteiger partial charge in [-0.15, -0.1) is 11.8 Å². The van der Waals surface area contributed by atoms with Crippen LogP contribution >= 0.6 is 23.5 Å². The molecule has 0 fully saturated rings. The molecule has 3 rings (SSSR count). The van der Waals surface area contributed by atoms with Gasteiger partial charge < -0.3 is 4.90 Å². The smallest absolute Gasteiger partial charge is 0.134 e. The summed E-state index contributed by atoms with van der Waals surface area (Å²) in [6.07, 6.45) is 1.91. The maximum absolute atomic E-state index is 4.53. The van der Waals surface area contributed by atoms with E-state index in [4.69, 9.17) is 0 Å². The summed E-state index contributed by atoms with van der Waals surface area (Å²) in [7, 11) is 0. The quantitative estimate of drug-likeness (QED) is 0.712. The predicted octanol–water partition coefficient (Wildman–Crippen LogP) is 5.73. The minimum absolute atomic E-state index is 0.533. The molecule has 4 heteroatoms. The second kappa shape index (κ2) is 6.80. The van der Waals surface area contributed by atoms with Gasteiger partial charge in [-0.1, -0.05) is 43.8 Å². The molecule has 0 unspecified atom stereocenters. The van der Waals surface area contributed by atoms with Gasteiger partial charge in [-0.2, -0.15) is 0 Å². The molecule has 114 valence electrons. The molecule has 0 N–H and O–H groups in total. The minimum atomic E-state index is 0.533. The summed E-state index contributed by atoms with van der Waals surface area (Å²) < 4.78 is 0. The SMILES string of the molecule is CC1=CSCN1c1cc(Sc2ccccc2C(C)C)ccn1. The van der Waals surface area contributed by atoms with E-state index in [2.05, 4.69) is 72.5 Å². The molecule has 1 aliphatic rings. The third-order valence-electron chi connectivity index (χ3n) is 3.65. The van der Waals surface area contributed by atoms with E-state index in [0.717, 1.165) is 11.7 Å². The van der Waals surface area contributed by atoms with E-state index in [0.29, 0.717) is 5.92 Å². The molecule has 1 aromatic carbocycles. The zero-order valence-corrected chi connectivity index (χ0v) is 14.7. The Morgan fingerprint density at radius 2 is 2.05 bits per heavy atom. The van der Waals surface area contributed by atoms with Crippen molar-refractivity contribution in [1.29, 1.82) is 0 Å². The molecule has 2 heterocycles. The molecule has 2 nitrogen and oxygen atoms in total. The molecular formula is C18H20N2S2. The molecule has 0 aliphatic carbocycles. The van der Waals surface area contributed by atoms with Gasteiger partial charge in [-0.25, -0.2) is 4.98 Å². The van der Waals surface area contributed by atoms with Crippen LogP contribution in [0.1, 0.15) is 32.3 Å². The van der Waals surface area contributed by atoms with Gasteiger partial charge in [0.1, 0.15) is 5.82 Å². The van der Waals surface area contributed by atoms with E-state index >= 15 is 0 Å². The summed E-state index contributed by atoms with van der Waals surface area (Å²) in [5.74, 6) is 2.52. The molecule has 0 amide bonds. The highest BCUT2D eigenvalue weighted by molar-refractivity contribution is 8.02. The first-order chi connectivity index (χ1) is 10.6. The number of hydrogen-bond acceptors (Lipinski definition) is 4. The molecular weight excluding hydrogens is 308 g/mol. The predicted molar refractivity (Wildman–Crippen MR) is 97.6 cm³/mol. The van der Waals surface area contributed by atoms with E-state index in [1.807, 2.05) is 29.7 Å². The summed E-state index contributed by atoms with van der Waals surface area (Å²) >= 11 is 3.64. The number of nitrogens with zero attached hydrogens (tertiary/aromatic N) is 2. The number of pyridine rings is 1. The lowest BCUT2D eigenvalue weighted by Crippen LogP contribution is -2.16. The number of hydrogen-bond donors (Lipinski definition) is 0. The fourth-order valence-corrected chi connectivity index (χ4v) is 4.48. The van der Waals surface area contributed by atoms with Gasteiger partial charge in [0.25, 0.3) is 0 Å². The highest BCUT2D eigenvalue weighted by atomic mass is 32.2. The molecule has 0 saturated carbocycles. The van der Waals surface area contributed by atoms with Crippen molar-refractivity contribution < 1.29 is 0 Å². The van der Waals surface area contributed by atoms with E-state index in [9.17, 15) is 0 Å². The van der Waals surface area contributed by atoms with Crippen molar-refractivity contribution >= 4 is 29.3 Å². The van der Waals surface area contributed by atoms with E-state index in [1.165, 1.54) is 21.1 Å². The van der Waals surface area contributed by atoms with Crippen LogP contribution in [0.3, 0.4) is 0 Å². The first-order valence-corrected chi connectivity index (χ1v) is 9.30. The second-order valence-corrected chi connectivity index (χ2v) is 7.57. The Bertz CT molecular complexity index is 695. The van der Waals surface area contributed by atoms with Gasteiger partial charge in [0.15, 0.2) is 0 Å². The lowest BCUT2D eigenvalue weighted by atomic mass is 10.0. The van der Waals surface area contributed by atoms with Crippen LogP contribution in [0.25, 0.3) is 0 Å². The van der Waals surface area contributed by atoms with Gasteiger partial charge in [0.05, 0.1) is 5.88 Å². The monoisotopic (exact) mass is 328 g/mol. The Balaban J connectivity index is 1.86. The van der Waals surface area contributed by atoms with Crippen molar-refractivity contribution in [2.45, 2.75) is 36.5 Å². The van der Waals surface area contributed by atoms with Crippen LogP contribution in [0.4, 0.5) is 5.82 Å². The van der Waals surface area contributed by atoms with Gasteiger partial charge in [0.2, 0.25) is 0 Å². The summed E-state index contributed by atoms with van der Waals surface area (Å²) in [6, 6.07) is 12.9. The largest absolute Gasteiger partial charge is 0.320 e. The maximum atomic E-state index is 4.53. The van der Waals surface area contributed by atoms with Crippen molar-refractivity contribution in [2.75, 3.05) is 10.8 Å². The van der Waals surface area contributed by atoms with E-state index < -0.39 is 0 Å². The molecule has 0 bridgehead atoms. The number of anilines is 1. The first kappa shape index (κ1) is 15.5. The van der Waals surface area contributed by atoms with Crippen LogP contribution in [0.15, 0.2) is 63.5 Å². The van der Waals surface area contributed by atoms with Crippen LogP contribution in [-0.2, 0) is 0 Å². The average molecular weight is 329 g/mol. The van der Waals surface area contributed by atoms with Gasteiger partial charge in [-0.3, -0.25) is 0 Å². The Labute approximate surface area is 141 Å². The first-order valence-electron chi connectivity index (χ1n) is 7.44. The second-order valence-electron chi connectivity index (χ2n) is 5.63. The Kier molecular flexibility index (Phi) is 4.79. The number of aromatic nitrogens is 1. The molecule has 0 spiro atoms. The van der Waals surface area contributed by atoms with Gasteiger partial charge in [0, 0.05) is 21.7 Å². The standard InChI is InChI=1S/C18H20N2S2/c1-13(2)16-6-4-5-7-17(16)22-15-8-9-19-18(10-15)20-12-21-11-14(20)3/h4-11,13H,12H2,1-3H3. The number of thioether (sulfide) groups is 1. The lowest BCUT2D eigenvalue weighted by Gasteiger charge is -2.19. The molecule has 2 aromatic rings. The Morgan fingerprint density at radius 1 is 1.23 bits per heavy atom. The number of allylic oxidation sites excluding steroid dienone is 1. The normalized spacial score (nSPS) is 14.5. The Morgan fingerprint density at radius 3 is 2.77 bits per heavy atom. The lowest BCUT2D eigenvalue weighted by molar-refractivity contribution is 0.842. The molecule has 22 heavy (non-hydrogen) atoms. The highest BCUT2D eigenvalue weighted by Crippen LogP contribution is 2.36. The average Bonchev–Trinajstić information content (AvgIpc) is 2.94. The number of rotatable bonds is 4. The summed E-state index contributed by atoms with van der Waals surface area (Å²) in [5.41, 5.74) is 2.67. The summed E-state index contributed by atoms with van der Waals surface area (Å²) in [6.45, 7) is 6.62. The number of benzene rings is 1. The van der Waals surface area contributed by atoms with Crippen LogP contribution in [-0.4, -0.2) is 10.9 Å². The van der Waals surface area contributed by atoms with Crippen LogP contribution < -0.4 is 4.90 Å².